The van der Waals surface area contributed by atoms with Gasteiger partial charge in [-0.25, -0.2) is 4.79 Å². The molecular formula is C116H159N9O13S. The van der Waals surface area contributed by atoms with Gasteiger partial charge in [0.05, 0.1) is 59.8 Å². The normalized spacial score (nSPS) is 33.3. The van der Waals surface area contributed by atoms with Gasteiger partial charge in [-0.2, -0.15) is 11.8 Å². The van der Waals surface area contributed by atoms with Crippen molar-refractivity contribution >= 4 is 64.6 Å². The van der Waals surface area contributed by atoms with Gasteiger partial charge in [0.15, 0.2) is 23.1 Å². The second kappa shape index (κ2) is 44.9. The van der Waals surface area contributed by atoms with E-state index in [2.05, 4.69) is 109 Å². The summed E-state index contributed by atoms with van der Waals surface area (Å²) < 4.78 is 14.8. The van der Waals surface area contributed by atoms with E-state index < -0.39 is 12.1 Å². The van der Waals surface area contributed by atoms with Crippen LogP contribution < -0.4 is 37.6 Å². The van der Waals surface area contributed by atoms with E-state index in [4.69, 9.17) is 15.2 Å². The Hall–Kier alpha value is -8.26. The predicted octanol–water partition coefficient (Wildman–Crippen LogP) is 18.0. The number of allylic oxidation sites excluding steroid dienone is 4. The van der Waals surface area contributed by atoms with E-state index in [1.54, 1.807) is 83.9 Å². The molecule has 18 rings (SSSR count). The molecule has 25 atom stereocenters. The number of ketones is 4. The summed E-state index contributed by atoms with van der Waals surface area (Å²) in [6.45, 7) is 24.6. The Bertz CT molecular complexity index is 5200. The third kappa shape index (κ3) is 22.1. The average molecular weight is 1920 g/mol. The summed E-state index contributed by atoms with van der Waals surface area (Å²) in [4.78, 5) is 124. The van der Waals surface area contributed by atoms with Crippen LogP contribution in [0.25, 0.3) is 0 Å². The molecule has 139 heavy (non-hydrogen) atoms. The Morgan fingerprint density at radius 1 is 0.504 bits per heavy atom. The molecule has 0 bridgehead atoms. The molecular weight excluding hydrogens is 1760 g/mol. The molecule has 4 aromatic rings. The average Bonchev–Trinajstić information content (AvgIpc) is 1.55. The van der Waals surface area contributed by atoms with Crippen LogP contribution in [0, 0.1) is 70.0 Å². The number of ether oxygens (including phenoxy) is 2. The first kappa shape index (κ1) is 102. The number of carbonyl (C=O) groups excluding carboxylic acids is 9. The SMILES string of the molecule is CC1=C2C[C@H]3[C@@H](CC=C4C[C@@H](O)CC[C@@]43C)[C@@H]2CC[C@]12O[C@@H]1C[C@H](C)CN(CCCC(=O)C(CCCCN)NC(=O)c3ccc(C(=O)c4ccccc4)cc3)[C@H]1[C@H]2C.CC1=C2C[C@H]3[C@@H](CC=C4C[C@@H](O)CC[C@@]43C)[C@@H]2CC[C@]12O[C@@H]1C[C@H](C)CN(CCCC(=O)C(CCCCNC(=O)CCCCCNC(=O)CCCC[C@@H]3SC[C@@H]4NC(=O)N[C@@H]43)NC(=O)c3ccc(C(=O)c4ccccc4)cc3)[C@H]1[C@H]2C. The maximum atomic E-state index is 14.3. The summed E-state index contributed by atoms with van der Waals surface area (Å²) in [7, 11) is 0. The van der Waals surface area contributed by atoms with Crippen molar-refractivity contribution in [2.45, 2.75) is 351 Å². The smallest absolute Gasteiger partial charge is 0.315 e. The maximum Gasteiger partial charge on any atom is 0.315 e. The summed E-state index contributed by atoms with van der Waals surface area (Å²) >= 11 is 1.90. The number of piperidine rings is 2. The lowest BCUT2D eigenvalue weighted by atomic mass is 9.56. The zero-order valence-electron chi connectivity index (χ0n) is 84.1. The largest absolute Gasteiger partial charge is 0.393 e. The minimum atomic E-state index is -0.699. The molecule has 6 saturated heterocycles. The molecule has 6 heterocycles. The number of nitrogens with two attached hydrogens (primary N) is 1. The number of nitrogens with zero attached hydrogens (tertiary/aromatic N) is 2. The molecule has 0 radical (unpaired) electrons. The first-order valence-electron chi connectivity index (χ1n) is 54.0. The third-order valence-electron chi connectivity index (χ3n) is 36.9. The number of amides is 6. The van der Waals surface area contributed by atoms with Gasteiger partial charge in [-0.15, -0.1) is 0 Å². The predicted molar refractivity (Wildman–Crippen MR) is 546 cm³/mol. The van der Waals surface area contributed by atoms with Crippen LogP contribution in [-0.4, -0.2) is 201 Å². The van der Waals surface area contributed by atoms with E-state index >= 15 is 0 Å². The standard InChI is InChI=1S/C66H92N6O8S.C50H67N3O5/c1-41-36-56-61(43(3)66(80-56)32-30-49-50-28-27-47-37-48(73)29-31-65(47,4)52(50)38-51(49)42(66)2)72(39-41)35-15-19-55(74)53(69-63(78)46-25-23-45(24-26-46)62(77)44-16-7-5-8-17-44)18-12-14-34-68-58(75)21-9-6-13-33-67-59(76)22-11-10-20-57-60-54(40-81-57)70-64(79)71-60;1-31-27-45-46(33(3)50(58-45)24-22-39-40-20-19-37-28-38(54)21-23-49(37,4)42(40)29-41(39)32(50)2)53(30-31)26-10-14-44(55)43(13-8-9-25-51)52-48(57)36-17-15-35(16-18-36)47(56)34-11-6-5-7-12-34/h5,7-8,16-17,23-27,41,43,48-50,52-54,56-57,60-61,73H,6,9-15,18-22,28-40H2,1-4H3,(H,67,76)(H,68,75)(H,69,78)(H2,70,71,79);5-7,11-12,15-19,31,33,38-40,42-43,45-46,54H,8-10,13-14,20-30,51H2,1-4H3,(H,52,57)/t41-,43+,48-,49-,50-,52-,53?,54-,56+,57-,60-,61-,65-,66-;31-,33+,38-,39-,40-,42-,43?,45+,46-,49-,50-/m00/s1. The molecule has 14 aliphatic rings. The molecule has 10 fully saturated rings. The van der Waals surface area contributed by atoms with Crippen molar-refractivity contribution in [3.63, 3.8) is 0 Å². The molecule has 10 N–H and O–H groups in total. The molecule has 8 aliphatic carbocycles. The van der Waals surface area contributed by atoms with Crippen molar-refractivity contribution in [1.29, 1.82) is 0 Å². The summed E-state index contributed by atoms with van der Waals surface area (Å²) in [5.74, 6) is 5.79. The number of Topliss-reactive ketones (excluding diaryl/α,β-unsaturated/α-hetero) is 2. The van der Waals surface area contributed by atoms with E-state index in [9.17, 15) is 53.4 Å². The van der Waals surface area contributed by atoms with Crippen LogP contribution in [0.1, 0.15) is 326 Å². The first-order chi connectivity index (χ1) is 67.0. The van der Waals surface area contributed by atoms with Crippen molar-refractivity contribution in [2.75, 3.05) is 51.6 Å². The molecule has 23 heteroatoms. The van der Waals surface area contributed by atoms with Gasteiger partial charge in [-0.1, -0.05) is 174 Å². The Kier molecular flexibility index (Phi) is 33.0. The number of fused-ring (bicyclic) bond motifs is 13. The zero-order valence-corrected chi connectivity index (χ0v) is 85.0. The van der Waals surface area contributed by atoms with Crippen LogP contribution in [-0.2, 0) is 28.7 Å². The summed E-state index contributed by atoms with van der Waals surface area (Å²) in [6, 6.07) is 31.1. The van der Waals surface area contributed by atoms with Gasteiger partial charge < -0.3 is 57.3 Å². The van der Waals surface area contributed by atoms with E-state index in [0.717, 1.165) is 173 Å². The van der Waals surface area contributed by atoms with Crippen LogP contribution >= 0.6 is 11.8 Å². The van der Waals surface area contributed by atoms with Crippen LogP contribution in [0.2, 0.25) is 0 Å². The Labute approximate surface area is 830 Å². The van der Waals surface area contributed by atoms with E-state index in [1.807, 2.05) is 48.2 Å². The quantitative estimate of drug-likeness (QED) is 0.00871. The number of aliphatic hydroxyl groups excluding tert-OH is 2. The summed E-state index contributed by atoms with van der Waals surface area (Å²) in [5, 5.41) is 39.7. The van der Waals surface area contributed by atoms with E-state index in [0.29, 0.717) is 181 Å². The highest BCUT2D eigenvalue weighted by Crippen LogP contribution is 2.68. The fourth-order valence-corrected chi connectivity index (χ4v) is 30.9. The highest BCUT2D eigenvalue weighted by molar-refractivity contribution is 8.00. The lowest BCUT2D eigenvalue weighted by Crippen LogP contribution is -2.52. The van der Waals surface area contributed by atoms with Crippen molar-refractivity contribution in [3.05, 3.63) is 188 Å². The molecule has 2 spiro atoms. The Morgan fingerprint density at radius 2 is 0.935 bits per heavy atom. The summed E-state index contributed by atoms with van der Waals surface area (Å²) in [6.07, 6.45) is 34.0. The van der Waals surface area contributed by atoms with Crippen molar-refractivity contribution in [3.8, 4) is 0 Å². The number of aliphatic hydroxyl groups is 2. The number of carbonyl (C=O) groups is 9. The van der Waals surface area contributed by atoms with Crippen LogP contribution in [0.15, 0.2) is 155 Å². The maximum absolute atomic E-state index is 14.3. The lowest BCUT2D eigenvalue weighted by Gasteiger charge is -2.49. The van der Waals surface area contributed by atoms with Gasteiger partial charge in [0, 0.05) is 120 Å². The molecule has 4 saturated carbocycles. The monoisotopic (exact) mass is 1920 g/mol. The molecule has 22 nitrogen and oxygen atoms in total. The second-order valence-corrected chi connectivity index (χ2v) is 46.6. The number of unbranched alkanes of at least 4 members (excludes halogenated alkanes) is 5. The number of nitrogens with one attached hydrogen (secondary N) is 6. The molecule has 752 valence electrons. The fourth-order valence-electron chi connectivity index (χ4n) is 29.3. The first-order valence-corrected chi connectivity index (χ1v) is 55.1. The van der Waals surface area contributed by atoms with Crippen LogP contribution in [0.5, 0.6) is 0 Å². The topological polar surface area (TPSA) is 317 Å². The van der Waals surface area contributed by atoms with Gasteiger partial charge in [0.1, 0.15) is 0 Å². The second-order valence-electron chi connectivity index (χ2n) is 45.3. The highest BCUT2D eigenvalue weighted by Gasteiger charge is 2.65. The fraction of sp³-hybridized carbons (Fsp3) is 0.647. The van der Waals surface area contributed by atoms with Gasteiger partial charge in [-0.05, 0) is 307 Å². The van der Waals surface area contributed by atoms with Crippen molar-refractivity contribution < 1.29 is 62.8 Å². The van der Waals surface area contributed by atoms with E-state index in [-0.39, 0.29) is 117 Å². The summed E-state index contributed by atoms with van der Waals surface area (Å²) in [5.41, 5.74) is 18.1. The Balaban J connectivity index is 0.000000203. The van der Waals surface area contributed by atoms with Gasteiger partial charge >= 0.3 is 6.03 Å². The van der Waals surface area contributed by atoms with Crippen molar-refractivity contribution in [1.82, 2.24) is 41.7 Å². The molecule has 0 aromatic heterocycles. The molecule has 2 unspecified atom stereocenters. The van der Waals surface area contributed by atoms with Crippen LogP contribution in [0.4, 0.5) is 4.79 Å². The van der Waals surface area contributed by atoms with Crippen molar-refractivity contribution in [2.24, 2.45) is 75.7 Å². The minimum Gasteiger partial charge on any atom is -0.393 e. The van der Waals surface area contributed by atoms with Crippen LogP contribution in [0.3, 0.4) is 0 Å². The number of thioether (sulfide) groups is 1. The number of hydrogen-bond acceptors (Lipinski definition) is 17. The minimum absolute atomic E-state index is 0.00407. The van der Waals surface area contributed by atoms with Gasteiger partial charge in [0.2, 0.25) is 11.8 Å². The molecule has 6 aliphatic heterocycles. The number of benzene rings is 4. The number of urea groups is 1. The van der Waals surface area contributed by atoms with E-state index in [1.165, 1.54) is 41.6 Å². The molecule has 6 amide bonds. The Morgan fingerprint density at radius 3 is 1.40 bits per heavy atom. The third-order valence-corrected chi connectivity index (χ3v) is 38.4. The number of hydrogen-bond donors (Lipinski definition) is 9. The lowest BCUT2D eigenvalue weighted by molar-refractivity contribution is -0.122. The van der Waals surface area contributed by atoms with Gasteiger partial charge in [-0.3, -0.25) is 48.2 Å². The van der Waals surface area contributed by atoms with Gasteiger partial charge in [0.25, 0.3) is 11.8 Å². The highest BCUT2D eigenvalue weighted by atomic mass is 32.2. The zero-order chi connectivity index (χ0) is 97.6. The molecule has 4 aromatic carbocycles. The number of likely N-dealkylation sites (tertiary alicyclic amines) is 2. The number of rotatable bonds is 38.